The summed E-state index contributed by atoms with van der Waals surface area (Å²) in [7, 11) is 1.48. The molecule has 0 bridgehead atoms. The van der Waals surface area contributed by atoms with Crippen LogP contribution in [0.4, 0.5) is 0 Å². The summed E-state index contributed by atoms with van der Waals surface area (Å²) in [5.74, 6) is -0.241. The fraction of sp³-hybridized carbons (Fsp3) is 0.733. The molecule has 0 heterocycles. The number of hydrogen-bond acceptors (Lipinski definition) is 5. The van der Waals surface area contributed by atoms with Gasteiger partial charge in [-0.3, -0.25) is 14.4 Å². The lowest BCUT2D eigenvalue weighted by atomic mass is 9.35. The number of Topliss-reactive ketones (excluding diaryl/α,β-unsaturated/α-hetero) is 1. The van der Waals surface area contributed by atoms with E-state index >= 15 is 0 Å². The lowest BCUT2D eigenvalue weighted by Crippen LogP contribution is -2.65. The van der Waals surface area contributed by atoms with Crippen molar-refractivity contribution >= 4 is 17.5 Å². The second-order valence-electron chi connectivity index (χ2n) is 13.6. The predicted octanol–water partition coefficient (Wildman–Crippen LogP) is 5.74. The molecule has 0 N–H and O–H groups in total. The van der Waals surface area contributed by atoms with Crippen molar-refractivity contribution in [1.82, 2.24) is 0 Å². The second kappa shape index (κ2) is 7.40. The second-order valence-corrected chi connectivity index (χ2v) is 13.6. The average molecular weight is 478 g/mol. The number of methoxy groups -OCH3 is 1. The first-order valence-corrected chi connectivity index (χ1v) is 13.3. The first-order chi connectivity index (χ1) is 16.3. The predicted molar refractivity (Wildman–Crippen MR) is 132 cm³/mol. The molecule has 3 fully saturated rings. The van der Waals surface area contributed by atoms with Gasteiger partial charge in [-0.1, -0.05) is 46.3 Å². The highest BCUT2D eigenvalue weighted by atomic mass is 16.5. The minimum absolute atomic E-state index is 0.0387. The lowest BCUT2D eigenvalue weighted by molar-refractivity contribution is -0.190. The standard InChI is InChI=1S/C30H39NO4/c1-26(2)9-11-30(25(34)35-6)12-10-29(5)24(20(30)16-26)22(33)14-23-27(3)15-18(17-31)21(32)13-19(27)7-8-28(23,29)4/h14-15,19-20,24H,7-13,16H2,1-6H3/t19-,20-,24-,27-,28+,29+,30-/m0/s1. The molecule has 5 heteroatoms. The van der Waals surface area contributed by atoms with Crippen molar-refractivity contribution in [3.05, 3.63) is 23.3 Å². The number of esters is 1. The molecule has 0 aromatic heterocycles. The maximum atomic E-state index is 14.2. The van der Waals surface area contributed by atoms with Crippen LogP contribution in [-0.4, -0.2) is 24.6 Å². The van der Waals surface area contributed by atoms with Gasteiger partial charge in [0.2, 0.25) is 0 Å². The van der Waals surface area contributed by atoms with Crippen molar-refractivity contribution in [2.24, 2.45) is 44.8 Å². The third-order valence-corrected chi connectivity index (χ3v) is 11.7. The topological polar surface area (TPSA) is 84.2 Å². The first kappa shape index (κ1) is 24.5. The van der Waals surface area contributed by atoms with Crippen LogP contribution in [0.15, 0.2) is 23.3 Å². The van der Waals surface area contributed by atoms with E-state index in [9.17, 15) is 19.6 Å². The highest BCUT2D eigenvalue weighted by Crippen LogP contribution is 2.73. The summed E-state index contributed by atoms with van der Waals surface area (Å²) in [5, 5.41) is 9.63. The van der Waals surface area contributed by atoms with E-state index in [1.165, 1.54) is 7.11 Å². The summed E-state index contributed by atoms with van der Waals surface area (Å²) in [5.41, 5.74) is -0.181. The number of allylic oxidation sites excluding steroid dienone is 4. The summed E-state index contributed by atoms with van der Waals surface area (Å²) in [6, 6.07) is 2.12. The van der Waals surface area contributed by atoms with Crippen LogP contribution in [-0.2, 0) is 19.1 Å². The highest BCUT2D eigenvalue weighted by molar-refractivity contribution is 6.01. The number of nitriles is 1. The smallest absolute Gasteiger partial charge is 0.312 e. The van der Waals surface area contributed by atoms with E-state index in [0.29, 0.717) is 6.42 Å². The zero-order valence-corrected chi connectivity index (χ0v) is 22.1. The van der Waals surface area contributed by atoms with E-state index in [-0.39, 0.29) is 57.1 Å². The van der Waals surface area contributed by atoms with Gasteiger partial charge in [-0.2, -0.15) is 5.26 Å². The fourth-order valence-electron chi connectivity index (χ4n) is 9.33. The third kappa shape index (κ3) is 3.01. The summed E-state index contributed by atoms with van der Waals surface area (Å²) in [6.07, 6.45) is 10.1. The Morgan fingerprint density at radius 2 is 1.74 bits per heavy atom. The Bertz CT molecular complexity index is 1120. The molecule has 0 saturated heterocycles. The molecule has 0 aromatic carbocycles. The average Bonchev–Trinajstić information content (AvgIpc) is 2.80. The van der Waals surface area contributed by atoms with Crippen LogP contribution in [0, 0.1) is 56.2 Å². The van der Waals surface area contributed by atoms with Crippen molar-refractivity contribution < 1.29 is 19.1 Å². The lowest BCUT2D eigenvalue weighted by Gasteiger charge is -2.67. The number of rotatable bonds is 1. The van der Waals surface area contributed by atoms with E-state index in [2.05, 4.69) is 40.7 Å². The Morgan fingerprint density at radius 1 is 1.06 bits per heavy atom. The molecule has 0 radical (unpaired) electrons. The number of ether oxygens (including phenoxy) is 1. The molecule has 5 nitrogen and oxygen atoms in total. The van der Waals surface area contributed by atoms with E-state index < -0.39 is 10.8 Å². The zero-order valence-electron chi connectivity index (χ0n) is 22.1. The zero-order chi connectivity index (χ0) is 25.6. The third-order valence-electron chi connectivity index (χ3n) is 11.7. The molecule has 0 spiro atoms. The molecule has 0 aromatic rings. The Morgan fingerprint density at radius 3 is 2.40 bits per heavy atom. The molecule has 7 atom stereocenters. The van der Waals surface area contributed by atoms with Crippen LogP contribution >= 0.6 is 0 Å². The quantitative estimate of drug-likeness (QED) is 0.450. The molecular weight excluding hydrogens is 438 g/mol. The van der Waals surface area contributed by atoms with Crippen molar-refractivity contribution in [3.8, 4) is 6.07 Å². The summed E-state index contributed by atoms with van der Waals surface area (Å²) >= 11 is 0. The number of hydrogen-bond donors (Lipinski definition) is 0. The Hall–Kier alpha value is -2.22. The summed E-state index contributed by atoms with van der Waals surface area (Å²) in [4.78, 5) is 40.0. The van der Waals surface area contributed by atoms with E-state index in [0.717, 1.165) is 50.5 Å². The number of fused-ring (bicyclic) bond motifs is 7. The van der Waals surface area contributed by atoms with Crippen molar-refractivity contribution in [3.63, 3.8) is 0 Å². The molecule has 188 valence electrons. The van der Waals surface area contributed by atoms with Crippen LogP contribution in [0.25, 0.3) is 0 Å². The molecule has 0 unspecified atom stereocenters. The Kier molecular flexibility index (Phi) is 5.18. The molecular formula is C30H39NO4. The van der Waals surface area contributed by atoms with E-state index in [4.69, 9.17) is 4.74 Å². The SMILES string of the molecule is COC(=O)[C@]12CCC(C)(C)C[C@H]1[C@H]1C(=O)C=C3[C@@]4(C)C=C(C#N)C(=O)C[C@@H]4CC[C@@]3(C)[C@]1(C)CC2. The summed E-state index contributed by atoms with van der Waals surface area (Å²) < 4.78 is 5.38. The fourth-order valence-corrected chi connectivity index (χ4v) is 9.33. The highest BCUT2D eigenvalue weighted by Gasteiger charge is 2.70. The molecule has 3 saturated carbocycles. The maximum absolute atomic E-state index is 14.2. The van der Waals surface area contributed by atoms with Crippen LogP contribution in [0.1, 0.15) is 86.0 Å². The van der Waals surface area contributed by atoms with Crippen LogP contribution in [0.2, 0.25) is 0 Å². The van der Waals surface area contributed by atoms with Crippen LogP contribution in [0.5, 0.6) is 0 Å². The first-order valence-electron chi connectivity index (χ1n) is 13.3. The van der Waals surface area contributed by atoms with Gasteiger partial charge in [0.1, 0.15) is 6.07 Å². The molecule has 0 aliphatic heterocycles. The minimum atomic E-state index is -0.585. The van der Waals surface area contributed by atoms with Gasteiger partial charge in [-0.25, -0.2) is 0 Å². The largest absolute Gasteiger partial charge is 0.469 e. The molecule has 0 amide bonds. The molecule has 5 aliphatic rings. The number of carbonyl (C=O) groups excluding carboxylic acids is 3. The van der Waals surface area contributed by atoms with E-state index in [1.807, 2.05) is 12.2 Å². The maximum Gasteiger partial charge on any atom is 0.312 e. The Labute approximate surface area is 209 Å². The number of ketones is 2. The van der Waals surface area contributed by atoms with Crippen LogP contribution < -0.4 is 0 Å². The minimum Gasteiger partial charge on any atom is -0.469 e. The molecule has 5 aliphatic carbocycles. The van der Waals surface area contributed by atoms with Gasteiger partial charge in [0, 0.05) is 17.8 Å². The van der Waals surface area contributed by atoms with Gasteiger partial charge < -0.3 is 4.74 Å². The van der Waals surface area contributed by atoms with Gasteiger partial charge in [0.15, 0.2) is 11.6 Å². The molecule has 5 rings (SSSR count). The molecule has 35 heavy (non-hydrogen) atoms. The van der Waals surface area contributed by atoms with E-state index in [1.54, 1.807) is 0 Å². The normalized spacial score (nSPS) is 46.0. The Balaban J connectivity index is 1.68. The number of nitrogens with zero attached hydrogens (tertiary/aromatic N) is 1. The van der Waals surface area contributed by atoms with Gasteiger partial charge >= 0.3 is 5.97 Å². The van der Waals surface area contributed by atoms with Gasteiger partial charge in [0.25, 0.3) is 0 Å². The van der Waals surface area contributed by atoms with Crippen molar-refractivity contribution in [2.45, 2.75) is 86.0 Å². The monoisotopic (exact) mass is 477 g/mol. The summed E-state index contributed by atoms with van der Waals surface area (Å²) in [6.45, 7) is 11.3. The van der Waals surface area contributed by atoms with Crippen molar-refractivity contribution in [2.75, 3.05) is 7.11 Å². The van der Waals surface area contributed by atoms with Crippen LogP contribution in [0.3, 0.4) is 0 Å². The van der Waals surface area contributed by atoms with Gasteiger partial charge in [-0.15, -0.1) is 0 Å². The van der Waals surface area contributed by atoms with Gasteiger partial charge in [-0.05, 0) is 79.1 Å². The number of carbonyl (C=O) groups is 3. The van der Waals surface area contributed by atoms with Gasteiger partial charge in [0.05, 0.1) is 18.1 Å². The van der Waals surface area contributed by atoms with Crippen molar-refractivity contribution in [1.29, 1.82) is 5.26 Å².